The number of hydrogen-bond acceptors (Lipinski definition) is 5. The summed E-state index contributed by atoms with van der Waals surface area (Å²) in [4.78, 5) is 17.4. The molecule has 0 spiro atoms. The first-order chi connectivity index (χ1) is 8.22. The maximum atomic E-state index is 11.7. The van der Waals surface area contributed by atoms with E-state index in [1.165, 1.54) is 0 Å². The summed E-state index contributed by atoms with van der Waals surface area (Å²) < 4.78 is 5.38. The lowest BCUT2D eigenvalue weighted by molar-refractivity contribution is -0.132. The molecule has 0 aliphatic rings. The van der Waals surface area contributed by atoms with Crippen LogP contribution in [0.3, 0.4) is 0 Å². The highest BCUT2D eigenvalue weighted by Gasteiger charge is 2.11. The number of hydrogen-bond donors (Lipinski definition) is 2. The van der Waals surface area contributed by atoms with Gasteiger partial charge in [0.25, 0.3) is 5.91 Å². The van der Waals surface area contributed by atoms with Gasteiger partial charge in [-0.3, -0.25) is 4.79 Å². The number of carbonyl (C=O) groups excluding carboxylic acids is 1. The molecule has 0 radical (unpaired) electrons. The van der Waals surface area contributed by atoms with Crippen LogP contribution in [-0.4, -0.2) is 35.5 Å². The van der Waals surface area contributed by atoms with Crippen LogP contribution < -0.4 is 16.0 Å². The van der Waals surface area contributed by atoms with E-state index in [0.29, 0.717) is 24.7 Å². The van der Waals surface area contributed by atoms with Gasteiger partial charge < -0.3 is 15.1 Å². The minimum atomic E-state index is -0.0539. The third-order valence-electron chi connectivity index (χ3n) is 2.37. The number of likely N-dealkylation sites (N-methyl/N-ethyl adjacent to an activating group) is 1. The van der Waals surface area contributed by atoms with Gasteiger partial charge in [-0.2, -0.15) is 0 Å². The van der Waals surface area contributed by atoms with Crippen molar-refractivity contribution < 1.29 is 9.53 Å². The molecular weight excluding hydrogens is 220 g/mol. The lowest BCUT2D eigenvalue weighted by atomic mass is 10.4. The second kappa shape index (κ2) is 6.70. The Kier molecular flexibility index (Phi) is 5.22. The average molecular weight is 238 g/mol. The van der Waals surface area contributed by atoms with Crippen LogP contribution in [0.2, 0.25) is 0 Å². The van der Waals surface area contributed by atoms with E-state index in [1.54, 1.807) is 23.2 Å². The molecule has 6 nitrogen and oxygen atoms in total. The quantitative estimate of drug-likeness (QED) is 0.561. The minimum Gasteiger partial charge on any atom is -0.480 e. The predicted molar refractivity (Wildman–Crippen MR) is 65.5 cm³/mol. The molecule has 0 aromatic carbocycles. The summed E-state index contributed by atoms with van der Waals surface area (Å²) in [7, 11) is 0. The van der Waals surface area contributed by atoms with Crippen molar-refractivity contribution in [2.24, 2.45) is 5.84 Å². The fourth-order valence-electron chi connectivity index (χ4n) is 1.42. The van der Waals surface area contributed by atoms with Crippen molar-refractivity contribution in [3.8, 4) is 5.75 Å². The zero-order valence-corrected chi connectivity index (χ0v) is 10.1. The number of nitrogen functional groups attached to an aromatic ring is 1. The molecule has 1 rings (SSSR count). The summed E-state index contributed by atoms with van der Waals surface area (Å²) in [5, 5.41) is 0. The van der Waals surface area contributed by atoms with E-state index in [9.17, 15) is 4.79 Å². The van der Waals surface area contributed by atoms with Crippen molar-refractivity contribution >= 4 is 11.7 Å². The SMILES string of the molecule is CCN(CC)C(=O)COc1cccnc1NN. The molecule has 0 bridgehead atoms. The van der Waals surface area contributed by atoms with Crippen LogP contribution in [0.1, 0.15) is 13.8 Å². The lowest BCUT2D eigenvalue weighted by Crippen LogP contribution is -2.34. The molecule has 94 valence electrons. The van der Waals surface area contributed by atoms with Crippen LogP contribution in [0, 0.1) is 0 Å². The van der Waals surface area contributed by atoms with Gasteiger partial charge in [-0.05, 0) is 26.0 Å². The van der Waals surface area contributed by atoms with Gasteiger partial charge >= 0.3 is 0 Å². The Morgan fingerprint density at radius 2 is 2.24 bits per heavy atom. The van der Waals surface area contributed by atoms with Gasteiger partial charge in [-0.15, -0.1) is 0 Å². The van der Waals surface area contributed by atoms with Gasteiger partial charge in [0.1, 0.15) is 0 Å². The Balaban J connectivity index is 2.58. The Hall–Kier alpha value is -1.82. The Morgan fingerprint density at radius 1 is 1.53 bits per heavy atom. The molecule has 0 unspecified atom stereocenters. The third kappa shape index (κ3) is 3.60. The van der Waals surface area contributed by atoms with E-state index in [0.717, 1.165) is 0 Å². The van der Waals surface area contributed by atoms with Gasteiger partial charge in [-0.25, -0.2) is 10.8 Å². The molecule has 3 N–H and O–H groups in total. The number of hydrazine groups is 1. The fourth-order valence-corrected chi connectivity index (χ4v) is 1.42. The lowest BCUT2D eigenvalue weighted by Gasteiger charge is -2.19. The fraction of sp³-hybridized carbons (Fsp3) is 0.455. The molecule has 0 fully saturated rings. The first-order valence-electron chi connectivity index (χ1n) is 5.55. The molecular formula is C11H18N4O2. The second-order valence-corrected chi connectivity index (χ2v) is 3.35. The van der Waals surface area contributed by atoms with Crippen LogP contribution in [0.25, 0.3) is 0 Å². The molecule has 1 heterocycles. The number of nitrogens with two attached hydrogens (primary N) is 1. The number of carbonyl (C=O) groups is 1. The average Bonchev–Trinajstić information content (AvgIpc) is 2.38. The van der Waals surface area contributed by atoms with Gasteiger partial charge in [0.15, 0.2) is 18.2 Å². The molecule has 0 saturated heterocycles. The number of aromatic nitrogens is 1. The third-order valence-corrected chi connectivity index (χ3v) is 2.37. The summed E-state index contributed by atoms with van der Waals surface area (Å²) in [6.45, 7) is 5.19. The summed E-state index contributed by atoms with van der Waals surface area (Å²) >= 11 is 0. The van der Waals surface area contributed by atoms with Crippen LogP contribution >= 0.6 is 0 Å². The predicted octanol–water partition coefficient (Wildman–Crippen LogP) is 0.614. The van der Waals surface area contributed by atoms with Crippen molar-refractivity contribution in [3.05, 3.63) is 18.3 Å². The maximum absolute atomic E-state index is 11.7. The topological polar surface area (TPSA) is 80.5 Å². The molecule has 17 heavy (non-hydrogen) atoms. The van der Waals surface area contributed by atoms with E-state index >= 15 is 0 Å². The van der Waals surface area contributed by atoms with Crippen molar-refractivity contribution in [3.63, 3.8) is 0 Å². The molecule has 1 amide bonds. The van der Waals surface area contributed by atoms with Crippen molar-refractivity contribution in [1.82, 2.24) is 9.88 Å². The van der Waals surface area contributed by atoms with E-state index in [4.69, 9.17) is 10.6 Å². The van der Waals surface area contributed by atoms with E-state index in [-0.39, 0.29) is 12.5 Å². The van der Waals surface area contributed by atoms with E-state index in [2.05, 4.69) is 10.4 Å². The van der Waals surface area contributed by atoms with Gasteiger partial charge in [0, 0.05) is 19.3 Å². The summed E-state index contributed by atoms with van der Waals surface area (Å²) in [5.74, 6) is 6.11. The highest BCUT2D eigenvalue weighted by Crippen LogP contribution is 2.19. The number of amides is 1. The molecule has 0 aliphatic heterocycles. The smallest absolute Gasteiger partial charge is 0.260 e. The van der Waals surface area contributed by atoms with Crippen LogP contribution in [-0.2, 0) is 4.79 Å². The molecule has 0 atom stereocenters. The van der Waals surface area contributed by atoms with Crippen molar-refractivity contribution in [2.75, 3.05) is 25.1 Å². The monoisotopic (exact) mass is 238 g/mol. The van der Waals surface area contributed by atoms with Gasteiger partial charge in [0.2, 0.25) is 0 Å². The number of nitrogens with one attached hydrogen (secondary N) is 1. The Bertz CT molecular complexity index is 366. The number of pyridine rings is 1. The number of anilines is 1. The summed E-state index contributed by atoms with van der Waals surface area (Å²) in [5.41, 5.74) is 2.42. The van der Waals surface area contributed by atoms with Crippen LogP contribution in [0.4, 0.5) is 5.82 Å². The molecule has 1 aromatic rings. The molecule has 1 aromatic heterocycles. The first kappa shape index (κ1) is 13.2. The minimum absolute atomic E-state index is 0.0119. The molecule has 6 heteroatoms. The molecule has 0 aliphatic carbocycles. The zero-order chi connectivity index (χ0) is 12.7. The highest BCUT2D eigenvalue weighted by atomic mass is 16.5. The summed E-state index contributed by atoms with van der Waals surface area (Å²) in [6, 6.07) is 3.43. The van der Waals surface area contributed by atoms with Gasteiger partial charge in [0.05, 0.1) is 0 Å². The van der Waals surface area contributed by atoms with E-state index in [1.807, 2.05) is 13.8 Å². The number of rotatable bonds is 6. The largest absolute Gasteiger partial charge is 0.480 e. The number of ether oxygens (including phenoxy) is 1. The number of nitrogens with zero attached hydrogens (tertiary/aromatic N) is 2. The van der Waals surface area contributed by atoms with Crippen LogP contribution in [0.5, 0.6) is 5.75 Å². The highest BCUT2D eigenvalue weighted by molar-refractivity contribution is 5.77. The van der Waals surface area contributed by atoms with Crippen molar-refractivity contribution in [2.45, 2.75) is 13.8 Å². The maximum Gasteiger partial charge on any atom is 0.260 e. The Morgan fingerprint density at radius 3 is 2.82 bits per heavy atom. The Labute approximate surface area is 101 Å². The second-order valence-electron chi connectivity index (χ2n) is 3.35. The van der Waals surface area contributed by atoms with Crippen LogP contribution in [0.15, 0.2) is 18.3 Å². The first-order valence-corrected chi connectivity index (χ1v) is 5.55. The summed E-state index contributed by atoms with van der Waals surface area (Å²) in [6.07, 6.45) is 1.59. The zero-order valence-electron chi connectivity index (χ0n) is 10.1. The molecule has 0 saturated carbocycles. The standard InChI is InChI=1S/C11H18N4O2/c1-3-15(4-2)10(16)8-17-9-6-5-7-13-11(9)14-12/h5-7H,3-4,8,12H2,1-2H3,(H,13,14). The normalized spacial score (nSPS) is 9.82. The van der Waals surface area contributed by atoms with E-state index < -0.39 is 0 Å². The van der Waals surface area contributed by atoms with Gasteiger partial charge in [-0.1, -0.05) is 0 Å². The van der Waals surface area contributed by atoms with Crippen molar-refractivity contribution in [1.29, 1.82) is 0 Å².